The Bertz CT molecular complexity index is 901. The number of halogens is 1. The van der Waals surface area contributed by atoms with Crippen LogP contribution in [0.25, 0.3) is 11.0 Å². The van der Waals surface area contributed by atoms with Crippen LogP contribution in [0.5, 0.6) is 0 Å². The average molecular weight is 337 g/mol. The summed E-state index contributed by atoms with van der Waals surface area (Å²) in [4.78, 5) is 16.7. The van der Waals surface area contributed by atoms with E-state index in [1.165, 1.54) is 12.1 Å². The number of carbonyl (C=O) groups excluding carboxylic acids is 1. The molecule has 0 fully saturated rings. The lowest BCUT2D eigenvalue weighted by Gasteiger charge is -2.08. The van der Waals surface area contributed by atoms with Crippen LogP contribution in [0.4, 0.5) is 4.39 Å². The summed E-state index contributed by atoms with van der Waals surface area (Å²) in [6.07, 6.45) is 3.29. The highest BCUT2D eigenvalue weighted by Gasteiger charge is 2.11. The number of fused-ring (bicyclic) bond motifs is 1. The van der Waals surface area contributed by atoms with Crippen molar-refractivity contribution in [1.29, 1.82) is 0 Å². The van der Waals surface area contributed by atoms with Gasteiger partial charge in [-0.1, -0.05) is 30.3 Å². The highest BCUT2D eigenvalue weighted by atomic mass is 19.1. The molecule has 1 amide bonds. The molecule has 0 spiro atoms. The van der Waals surface area contributed by atoms with Crippen LogP contribution in [0.1, 0.15) is 22.6 Å². The van der Waals surface area contributed by atoms with Crippen LogP contribution in [0.2, 0.25) is 0 Å². The lowest BCUT2D eigenvalue weighted by Crippen LogP contribution is -2.25. The third kappa shape index (κ3) is 3.76. The molecule has 0 aliphatic carbocycles. The topological polar surface area (TPSA) is 46.9 Å². The van der Waals surface area contributed by atoms with Crippen LogP contribution >= 0.6 is 0 Å². The van der Waals surface area contributed by atoms with Crippen molar-refractivity contribution in [3.8, 4) is 0 Å². The molecule has 0 radical (unpaired) electrons. The van der Waals surface area contributed by atoms with Gasteiger partial charge in [0.05, 0.1) is 16.6 Å². The number of allylic oxidation sites excluding steroid dienone is 1. The number of aromatic nitrogens is 2. The summed E-state index contributed by atoms with van der Waals surface area (Å²) >= 11 is 0. The molecule has 0 saturated heterocycles. The first-order chi connectivity index (χ1) is 12.2. The second kappa shape index (κ2) is 7.75. The van der Waals surface area contributed by atoms with Crippen molar-refractivity contribution in [2.24, 2.45) is 0 Å². The number of benzene rings is 2. The largest absolute Gasteiger partial charge is 0.352 e. The molecule has 0 aliphatic rings. The maximum absolute atomic E-state index is 13.6. The Balaban J connectivity index is 1.62. The fourth-order valence-electron chi connectivity index (χ4n) is 2.84. The number of amides is 1. The zero-order valence-electron chi connectivity index (χ0n) is 13.9. The van der Waals surface area contributed by atoms with E-state index >= 15 is 0 Å². The van der Waals surface area contributed by atoms with E-state index in [0.717, 1.165) is 29.7 Å². The monoisotopic (exact) mass is 337 g/mol. The predicted octanol–water partition coefficient (Wildman–Crippen LogP) is 3.72. The van der Waals surface area contributed by atoms with Gasteiger partial charge in [0, 0.05) is 19.5 Å². The molecule has 3 rings (SSSR count). The summed E-state index contributed by atoms with van der Waals surface area (Å²) < 4.78 is 15.7. The molecule has 1 aromatic heterocycles. The van der Waals surface area contributed by atoms with Crippen molar-refractivity contribution >= 4 is 16.9 Å². The first-order valence-electron chi connectivity index (χ1n) is 8.28. The number of carbonyl (C=O) groups is 1. The summed E-state index contributed by atoms with van der Waals surface area (Å²) in [5.74, 6) is 0.0618. The van der Waals surface area contributed by atoms with Gasteiger partial charge in [0.15, 0.2) is 0 Å². The van der Waals surface area contributed by atoms with Crippen molar-refractivity contribution in [2.45, 2.75) is 19.4 Å². The van der Waals surface area contributed by atoms with Crippen LogP contribution < -0.4 is 5.32 Å². The summed E-state index contributed by atoms with van der Waals surface area (Å²) in [5, 5.41) is 2.76. The van der Waals surface area contributed by atoms with Gasteiger partial charge in [0.2, 0.25) is 0 Å². The molecule has 25 heavy (non-hydrogen) atoms. The standard InChI is InChI=1S/C20H20FN3O/c1-2-14-24-18-11-6-5-10-17(18)23-19(24)12-7-13-22-20(25)15-8-3-4-9-16(15)21/h2-6,8-11H,1,7,12-14H2,(H,22,25). The van der Waals surface area contributed by atoms with E-state index in [-0.39, 0.29) is 5.56 Å². The van der Waals surface area contributed by atoms with Crippen molar-refractivity contribution in [3.63, 3.8) is 0 Å². The van der Waals surface area contributed by atoms with Gasteiger partial charge in [0.25, 0.3) is 5.91 Å². The first kappa shape index (κ1) is 16.9. The Kier molecular flexibility index (Phi) is 5.23. The van der Waals surface area contributed by atoms with Crippen LogP contribution in [-0.2, 0) is 13.0 Å². The van der Waals surface area contributed by atoms with Gasteiger partial charge < -0.3 is 9.88 Å². The summed E-state index contributed by atoms with van der Waals surface area (Å²) in [7, 11) is 0. The Morgan fingerprint density at radius 1 is 1.20 bits per heavy atom. The van der Waals surface area contributed by atoms with Crippen LogP contribution in [0.15, 0.2) is 61.2 Å². The van der Waals surface area contributed by atoms with Crippen molar-refractivity contribution < 1.29 is 9.18 Å². The first-order valence-corrected chi connectivity index (χ1v) is 8.28. The molecular weight excluding hydrogens is 317 g/mol. The average Bonchev–Trinajstić information content (AvgIpc) is 2.97. The number of para-hydroxylation sites is 2. The third-order valence-electron chi connectivity index (χ3n) is 4.03. The lowest BCUT2D eigenvalue weighted by molar-refractivity contribution is 0.0949. The molecule has 0 aliphatic heterocycles. The third-order valence-corrected chi connectivity index (χ3v) is 4.03. The molecule has 3 aromatic rings. The highest BCUT2D eigenvalue weighted by molar-refractivity contribution is 5.94. The molecule has 0 unspecified atom stereocenters. The fourth-order valence-corrected chi connectivity index (χ4v) is 2.84. The van der Waals surface area contributed by atoms with E-state index in [2.05, 4.69) is 21.4 Å². The zero-order chi connectivity index (χ0) is 17.6. The Morgan fingerprint density at radius 2 is 1.96 bits per heavy atom. The second-order valence-corrected chi connectivity index (χ2v) is 5.76. The van der Waals surface area contributed by atoms with Crippen LogP contribution in [0, 0.1) is 5.82 Å². The SMILES string of the molecule is C=CCn1c(CCCNC(=O)c2ccccc2F)nc2ccccc21. The number of hydrogen-bond acceptors (Lipinski definition) is 2. The molecule has 0 saturated carbocycles. The van der Waals surface area contributed by atoms with Gasteiger partial charge in [-0.3, -0.25) is 4.79 Å². The van der Waals surface area contributed by atoms with Crippen molar-refractivity contribution in [2.75, 3.05) is 6.54 Å². The van der Waals surface area contributed by atoms with E-state index in [4.69, 9.17) is 0 Å². The number of aryl methyl sites for hydroxylation is 1. The van der Waals surface area contributed by atoms with Gasteiger partial charge in [-0.15, -0.1) is 6.58 Å². The van der Waals surface area contributed by atoms with E-state index in [1.54, 1.807) is 12.1 Å². The maximum atomic E-state index is 13.6. The number of nitrogens with zero attached hydrogens (tertiary/aromatic N) is 2. The van der Waals surface area contributed by atoms with E-state index < -0.39 is 11.7 Å². The smallest absolute Gasteiger partial charge is 0.254 e. The maximum Gasteiger partial charge on any atom is 0.254 e. The molecule has 5 heteroatoms. The van der Waals surface area contributed by atoms with Crippen molar-refractivity contribution in [1.82, 2.24) is 14.9 Å². The summed E-state index contributed by atoms with van der Waals surface area (Å²) in [5.41, 5.74) is 2.10. The highest BCUT2D eigenvalue weighted by Crippen LogP contribution is 2.17. The van der Waals surface area contributed by atoms with Gasteiger partial charge in [-0.05, 0) is 30.7 Å². The molecule has 4 nitrogen and oxygen atoms in total. The molecular formula is C20H20FN3O. The van der Waals surface area contributed by atoms with E-state index in [0.29, 0.717) is 13.1 Å². The second-order valence-electron chi connectivity index (χ2n) is 5.76. The molecule has 128 valence electrons. The molecule has 0 bridgehead atoms. The number of rotatable bonds is 7. The van der Waals surface area contributed by atoms with Gasteiger partial charge in [-0.25, -0.2) is 9.37 Å². The normalized spacial score (nSPS) is 10.8. The van der Waals surface area contributed by atoms with Gasteiger partial charge in [0.1, 0.15) is 11.6 Å². The number of imidazole rings is 1. The molecule has 1 heterocycles. The van der Waals surface area contributed by atoms with Crippen molar-refractivity contribution in [3.05, 3.63) is 78.4 Å². The van der Waals surface area contributed by atoms with Gasteiger partial charge in [-0.2, -0.15) is 0 Å². The van der Waals surface area contributed by atoms with Crippen LogP contribution in [0.3, 0.4) is 0 Å². The molecule has 0 atom stereocenters. The predicted molar refractivity (Wildman–Crippen MR) is 97.0 cm³/mol. The quantitative estimate of drug-likeness (QED) is 0.527. The Hall–Kier alpha value is -2.95. The fraction of sp³-hybridized carbons (Fsp3) is 0.200. The Labute approximate surface area is 146 Å². The minimum atomic E-state index is -0.507. The zero-order valence-corrected chi connectivity index (χ0v) is 13.9. The summed E-state index contributed by atoms with van der Waals surface area (Å²) in [6.45, 7) is 4.96. The van der Waals surface area contributed by atoms with E-state index in [9.17, 15) is 9.18 Å². The summed E-state index contributed by atoms with van der Waals surface area (Å²) in [6, 6.07) is 14.0. The number of nitrogens with one attached hydrogen (secondary N) is 1. The molecule has 2 aromatic carbocycles. The Morgan fingerprint density at radius 3 is 2.76 bits per heavy atom. The molecule has 1 N–H and O–H groups in total. The minimum Gasteiger partial charge on any atom is -0.352 e. The number of hydrogen-bond donors (Lipinski definition) is 1. The lowest BCUT2D eigenvalue weighted by atomic mass is 10.2. The van der Waals surface area contributed by atoms with Gasteiger partial charge >= 0.3 is 0 Å². The minimum absolute atomic E-state index is 0.0707. The van der Waals surface area contributed by atoms with Crippen LogP contribution in [-0.4, -0.2) is 22.0 Å². The van der Waals surface area contributed by atoms with E-state index in [1.807, 2.05) is 30.3 Å².